The van der Waals surface area contributed by atoms with Crippen molar-refractivity contribution in [1.82, 2.24) is 14.8 Å². The Hall–Kier alpha value is -1.86. The average molecular weight is 334 g/mol. The van der Waals surface area contributed by atoms with Crippen molar-refractivity contribution in [3.8, 4) is 0 Å². The summed E-state index contributed by atoms with van der Waals surface area (Å²) in [5.41, 5.74) is 1.96. The Bertz CT molecular complexity index is 640. The SMILES string of the molecule is CCn1c(CCCO)nnc1SCc1ccc(NC(C)=O)cc1. The lowest BCUT2D eigenvalue weighted by Gasteiger charge is -2.07. The summed E-state index contributed by atoms with van der Waals surface area (Å²) >= 11 is 1.64. The van der Waals surface area contributed by atoms with E-state index < -0.39 is 0 Å². The molecule has 124 valence electrons. The molecule has 1 heterocycles. The van der Waals surface area contributed by atoms with Crippen molar-refractivity contribution in [3.05, 3.63) is 35.7 Å². The summed E-state index contributed by atoms with van der Waals surface area (Å²) in [6, 6.07) is 7.79. The first-order chi connectivity index (χ1) is 11.1. The van der Waals surface area contributed by atoms with E-state index in [9.17, 15) is 4.79 Å². The fourth-order valence-electron chi connectivity index (χ4n) is 2.20. The number of aryl methyl sites for hydroxylation is 1. The Morgan fingerprint density at radius 3 is 2.65 bits per heavy atom. The molecule has 0 aliphatic rings. The van der Waals surface area contributed by atoms with Gasteiger partial charge in [-0.25, -0.2) is 0 Å². The van der Waals surface area contributed by atoms with Crippen molar-refractivity contribution in [2.45, 2.75) is 44.1 Å². The summed E-state index contributed by atoms with van der Waals surface area (Å²) in [4.78, 5) is 11.0. The molecule has 1 amide bonds. The Kier molecular flexibility index (Phi) is 6.61. The topological polar surface area (TPSA) is 80.0 Å². The summed E-state index contributed by atoms with van der Waals surface area (Å²) in [7, 11) is 0. The summed E-state index contributed by atoms with van der Waals surface area (Å²) in [5.74, 6) is 1.64. The molecule has 0 saturated carbocycles. The number of aliphatic hydroxyl groups excluding tert-OH is 1. The summed E-state index contributed by atoms with van der Waals surface area (Å²) in [5, 5.41) is 21.1. The number of hydrogen-bond acceptors (Lipinski definition) is 5. The van der Waals surface area contributed by atoms with Gasteiger partial charge in [0.05, 0.1) is 0 Å². The van der Waals surface area contributed by atoms with Crippen molar-refractivity contribution in [1.29, 1.82) is 0 Å². The quantitative estimate of drug-likeness (QED) is 0.725. The van der Waals surface area contributed by atoms with Gasteiger partial charge in [-0.05, 0) is 31.0 Å². The van der Waals surface area contributed by atoms with E-state index >= 15 is 0 Å². The van der Waals surface area contributed by atoms with Gasteiger partial charge >= 0.3 is 0 Å². The predicted octanol–water partition coefficient (Wildman–Crippen LogP) is 2.47. The van der Waals surface area contributed by atoms with Crippen LogP contribution in [0, 0.1) is 0 Å². The van der Waals surface area contributed by atoms with E-state index in [1.54, 1.807) is 11.8 Å². The number of carbonyl (C=O) groups excluding carboxylic acids is 1. The van der Waals surface area contributed by atoms with Crippen LogP contribution in [0.15, 0.2) is 29.4 Å². The Balaban J connectivity index is 1.97. The molecular formula is C16H22N4O2S. The molecule has 1 aromatic heterocycles. The molecular weight excluding hydrogens is 312 g/mol. The fourth-order valence-corrected chi connectivity index (χ4v) is 3.18. The van der Waals surface area contributed by atoms with Crippen molar-refractivity contribution in [3.63, 3.8) is 0 Å². The Labute approximate surface area is 140 Å². The molecule has 0 spiro atoms. The largest absolute Gasteiger partial charge is 0.396 e. The third kappa shape index (κ3) is 5.07. The van der Waals surface area contributed by atoms with Crippen LogP contribution in [0.3, 0.4) is 0 Å². The fraction of sp³-hybridized carbons (Fsp3) is 0.438. The molecule has 0 unspecified atom stereocenters. The summed E-state index contributed by atoms with van der Waals surface area (Å²) in [6.07, 6.45) is 1.44. The predicted molar refractivity (Wildman–Crippen MR) is 91.4 cm³/mol. The first kappa shape index (κ1) is 17.5. The van der Waals surface area contributed by atoms with E-state index in [0.29, 0.717) is 6.42 Å². The van der Waals surface area contributed by atoms with Crippen LogP contribution >= 0.6 is 11.8 Å². The number of amides is 1. The standard InChI is InChI=1S/C16H22N4O2S/c1-3-20-15(5-4-10-21)18-19-16(20)23-11-13-6-8-14(9-7-13)17-12(2)22/h6-9,21H,3-5,10-11H2,1-2H3,(H,17,22). The zero-order valence-electron chi connectivity index (χ0n) is 13.5. The van der Waals surface area contributed by atoms with Gasteiger partial charge < -0.3 is 15.0 Å². The second-order valence-corrected chi connectivity index (χ2v) is 6.08. The van der Waals surface area contributed by atoms with E-state index in [-0.39, 0.29) is 12.5 Å². The smallest absolute Gasteiger partial charge is 0.221 e. The number of hydrogen-bond donors (Lipinski definition) is 2. The highest BCUT2D eigenvalue weighted by molar-refractivity contribution is 7.98. The minimum Gasteiger partial charge on any atom is -0.396 e. The molecule has 0 fully saturated rings. The number of nitrogens with one attached hydrogen (secondary N) is 1. The van der Waals surface area contributed by atoms with Crippen molar-refractivity contribution in [2.75, 3.05) is 11.9 Å². The highest BCUT2D eigenvalue weighted by atomic mass is 32.2. The highest BCUT2D eigenvalue weighted by Crippen LogP contribution is 2.23. The molecule has 0 atom stereocenters. The lowest BCUT2D eigenvalue weighted by atomic mass is 10.2. The lowest BCUT2D eigenvalue weighted by Crippen LogP contribution is -2.05. The first-order valence-electron chi connectivity index (χ1n) is 7.66. The van der Waals surface area contributed by atoms with E-state index in [4.69, 9.17) is 5.11 Å². The van der Waals surface area contributed by atoms with E-state index in [0.717, 1.165) is 41.0 Å². The number of thioether (sulfide) groups is 1. The number of rotatable bonds is 8. The molecule has 1 aromatic carbocycles. The van der Waals surface area contributed by atoms with Gasteiger partial charge in [0.2, 0.25) is 5.91 Å². The molecule has 23 heavy (non-hydrogen) atoms. The highest BCUT2D eigenvalue weighted by Gasteiger charge is 2.11. The molecule has 0 aliphatic heterocycles. The zero-order valence-corrected chi connectivity index (χ0v) is 14.3. The van der Waals surface area contributed by atoms with Gasteiger partial charge in [-0.1, -0.05) is 23.9 Å². The van der Waals surface area contributed by atoms with Crippen molar-refractivity contribution < 1.29 is 9.90 Å². The molecule has 2 aromatic rings. The van der Waals surface area contributed by atoms with E-state index in [1.165, 1.54) is 6.92 Å². The maximum absolute atomic E-state index is 11.0. The van der Waals surface area contributed by atoms with E-state index in [1.807, 2.05) is 24.3 Å². The molecule has 7 heteroatoms. The van der Waals surface area contributed by atoms with Crippen molar-refractivity contribution >= 4 is 23.4 Å². The third-order valence-electron chi connectivity index (χ3n) is 3.31. The van der Waals surface area contributed by atoms with Crippen LogP contribution in [0.4, 0.5) is 5.69 Å². The molecule has 6 nitrogen and oxygen atoms in total. The van der Waals surface area contributed by atoms with Crippen LogP contribution in [0.1, 0.15) is 31.7 Å². The lowest BCUT2D eigenvalue weighted by molar-refractivity contribution is -0.114. The minimum atomic E-state index is -0.0708. The zero-order chi connectivity index (χ0) is 16.7. The monoisotopic (exact) mass is 334 g/mol. The Morgan fingerprint density at radius 2 is 2.04 bits per heavy atom. The Morgan fingerprint density at radius 1 is 1.30 bits per heavy atom. The summed E-state index contributed by atoms with van der Waals surface area (Å²) in [6.45, 7) is 4.55. The number of anilines is 1. The maximum Gasteiger partial charge on any atom is 0.221 e. The van der Waals surface area contributed by atoms with Crippen molar-refractivity contribution in [2.24, 2.45) is 0 Å². The molecule has 0 bridgehead atoms. The number of carbonyl (C=O) groups is 1. The average Bonchev–Trinajstić information content (AvgIpc) is 2.93. The number of nitrogens with zero attached hydrogens (tertiary/aromatic N) is 3. The van der Waals surface area contributed by atoms with Gasteiger partial charge in [-0.3, -0.25) is 4.79 Å². The molecule has 0 aliphatic carbocycles. The van der Waals surface area contributed by atoms with E-state index in [2.05, 4.69) is 27.0 Å². The van der Waals surface area contributed by atoms with Crippen LogP contribution in [0.2, 0.25) is 0 Å². The number of aromatic nitrogens is 3. The van der Waals surface area contributed by atoms with Gasteiger partial charge in [0, 0.05) is 37.9 Å². The maximum atomic E-state index is 11.0. The van der Waals surface area contributed by atoms with Crippen LogP contribution in [0.25, 0.3) is 0 Å². The second kappa shape index (κ2) is 8.69. The van der Waals surface area contributed by atoms with Crippen LogP contribution in [-0.2, 0) is 23.5 Å². The van der Waals surface area contributed by atoms with Gasteiger partial charge in [0.1, 0.15) is 5.82 Å². The first-order valence-corrected chi connectivity index (χ1v) is 8.64. The van der Waals surface area contributed by atoms with Gasteiger partial charge in [0.25, 0.3) is 0 Å². The molecule has 0 radical (unpaired) electrons. The molecule has 2 rings (SSSR count). The summed E-state index contributed by atoms with van der Waals surface area (Å²) < 4.78 is 2.09. The van der Waals surface area contributed by atoms with Crippen LogP contribution < -0.4 is 5.32 Å². The minimum absolute atomic E-state index is 0.0708. The molecule has 2 N–H and O–H groups in total. The normalized spacial score (nSPS) is 10.7. The third-order valence-corrected chi connectivity index (χ3v) is 4.35. The van der Waals surface area contributed by atoms with Crippen LogP contribution in [0.5, 0.6) is 0 Å². The second-order valence-electron chi connectivity index (χ2n) is 5.14. The number of benzene rings is 1. The number of aliphatic hydroxyl groups is 1. The van der Waals surface area contributed by atoms with Gasteiger partial charge in [-0.2, -0.15) is 0 Å². The van der Waals surface area contributed by atoms with Gasteiger partial charge in [0.15, 0.2) is 5.16 Å². The van der Waals surface area contributed by atoms with Gasteiger partial charge in [-0.15, -0.1) is 10.2 Å². The molecule has 0 saturated heterocycles. The van der Waals surface area contributed by atoms with Crippen LogP contribution in [-0.4, -0.2) is 32.4 Å².